The lowest BCUT2D eigenvalue weighted by Crippen LogP contribution is -2.34. The van der Waals surface area contributed by atoms with E-state index in [4.69, 9.17) is 4.99 Å². The van der Waals surface area contributed by atoms with E-state index in [2.05, 4.69) is 89.3 Å². The van der Waals surface area contributed by atoms with Crippen molar-refractivity contribution in [1.82, 2.24) is 4.57 Å². The normalized spacial score (nSPS) is 18.6. The van der Waals surface area contributed by atoms with Gasteiger partial charge in [-0.05, 0) is 36.6 Å². The van der Waals surface area contributed by atoms with Gasteiger partial charge in [-0.3, -0.25) is 4.99 Å². The van der Waals surface area contributed by atoms with Gasteiger partial charge < -0.3 is 13.5 Å². The highest BCUT2D eigenvalue weighted by molar-refractivity contribution is 5.98. The summed E-state index contributed by atoms with van der Waals surface area (Å²) in [7, 11) is 13.7. The predicted molar refractivity (Wildman–Crippen MR) is 135 cm³/mol. The molecule has 1 aromatic heterocycles. The van der Waals surface area contributed by atoms with E-state index in [1.165, 1.54) is 33.4 Å². The average Bonchev–Trinajstić information content (AvgIpc) is 3.14. The van der Waals surface area contributed by atoms with Crippen molar-refractivity contribution in [3.63, 3.8) is 0 Å². The molecule has 0 radical (unpaired) electrons. The molecule has 0 N–H and O–H groups in total. The van der Waals surface area contributed by atoms with Crippen LogP contribution in [0.5, 0.6) is 0 Å². The molecule has 0 saturated carbocycles. The first-order valence-electron chi connectivity index (χ1n) is 12.0. The minimum absolute atomic E-state index is 0.473. The van der Waals surface area contributed by atoms with E-state index in [-0.39, 0.29) is 0 Å². The lowest BCUT2D eigenvalue weighted by Gasteiger charge is -2.26. The van der Waals surface area contributed by atoms with Crippen molar-refractivity contribution in [3.05, 3.63) is 64.8 Å². The molecule has 32 heavy (non-hydrogen) atoms. The van der Waals surface area contributed by atoms with Crippen molar-refractivity contribution in [2.24, 2.45) is 4.99 Å². The van der Waals surface area contributed by atoms with Crippen LogP contribution < -0.4 is 0 Å². The number of hydrogen-bond donors (Lipinski definition) is 0. The Hall–Kier alpha value is -2.43. The summed E-state index contributed by atoms with van der Waals surface area (Å²) in [5, 5.41) is 1.44. The van der Waals surface area contributed by atoms with Crippen LogP contribution >= 0.6 is 0 Å². The number of aromatic nitrogens is 1. The first-order valence-corrected chi connectivity index (χ1v) is 12.0. The molecule has 0 fully saturated rings. The summed E-state index contributed by atoms with van der Waals surface area (Å²) in [5.41, 5.74) is 9.97. The molecule has 2 aliphatic heterocycles. The Morgan fingerprint density at radius 3 is 2.41 bits per heavy atom. The molecule has 0 saturated heterocycles. The molecular weight excluding hydrogens is 392 g/mol. The minimum atomic E-state index is 0.473. The molecule has 168 valence electrons. The lowest BCUT2D eigenvalue weighted by atomic mass is 9.87. The zero-order valence-electron chi connectivity index (χ0n) is 20.7. The van der Waals surface area contributed by atoms with E-state index in [9.17, 15) is 0 Å². The van der Waals surface area contributed by atoms with Crippen LogP contribution in [0.4, 0.5) is 5.69 Å². The molecule has 2 aliphatic rings. The van der Waals surface area contributed by atoms with Gasteiger partial charge in [-0.2, -0.15) is 0 Å². The first kappa shape index (κ1) is 21.4. The third kappa shape index (κ3) is 4.02. The number of para-hydroxylation sites is 1. The SMILES string of the molecule is C[N+](C)(C)Cc1ccc2c(c1)C1CCc3c(C[N+](C)(C)C)c4ccccc4n3CCC1=N2. The van der Waals surface area contributed by atoms with Gasteiger partial charge >= 0.3 is 0 Å². The van der Waals surface area contributed by atoms with Gasteiger partial charge in [-0.25, -0.2) is 0 Å². The minimum Gasteiger partial charge on any atom is -0.344 e. The van der Waals surface area contributed by atoms with Gasteiger partial charge in [0.2, 0.25) is 0 Å². The second-order valence-electron chi connectivity index (χ2n) is 11.8. The summed E-state index contributed by atoms with van der Waals surface area (Å²) in [5.74, 6) is 0.473. The predicted octanol–water partition coefficient (Wildman–Crippen LogP) is 5.26. The third-order valence-electron chi connectivity index (χ3n) is 6.88. The molecule has 3 aromatic rings. The Labute approximate surface area is 193 Å². The fourth-order valence-electron chi connectivity index (χ4n) is 5.72. The lowest BCUT2D eigenvalue weighted by molar-refractivity contribution is -0.884. The van der Waals surface area contributed by atoms with Gasteiger partial charge in [-0.15, -0.1) is 0 Å². The number of rotatable bonds is 4. The van der Waals surface area contributed by atoms with Gasteiger partial charge in [0, 0.05) is 52.3 Å². The van der Waals surface area contributed by atoms with E-state index in [1.807, 2.05) is 0 Å². The second-order valence-corrected chi connectivity index (χ2v) is 11.8. The monoisotopic (exact) mass is 430 g/mol. The molecule has 0 aliphatic carbocycles. The fourth-order valence-corrected chi connectivity index (χ4v) is 5.72. The molecule has 0 spiro atoms. The van der Waals surface area contributed by atoms with E-state index in [0.29, 0.717) is 5.92 Å². The topological polar surface area (TPSA) is 17.3 Å². The van der Waals surface area contributed by atoms with E-state index < -0.39 is 0 Å². The van der Waals surface area contributed by atoms with Crippen LogP contribution in [0, 0.1) is 0 Å². The zero-order chi connectivity index (χ0) is 22.7. The molecule has 0 amide bonds. The maximum atomic E-state index is 5.13. The van der Waals surface area contributed by atoms with E-state index in [1.54, 1.807) is 11.3 Å². The number of quaternary nitrogens is 2. The van der Waals surface area contributed by atoms with Crippen molar-refractivity contribution in [2.45, 2.75) is 44.8 Å². The number of hydrogen-bond acceptors (Lipinski definition) is 1. The number of benzene rings is 2. The van der Waals surface area contributed by atoms with Crippen LogP contribution in [0.25, 0.3) is 10.9 Å². The van der Waals surface area contributed by atoms with Gasteiger partial charge in [0.1, 0.15) is 13.1 Å². The molecule has 1 unspecified atom stereocenters. The Morgan fingerprint density at radius 1 is 0.906 bits per heavy atom. The molecule has 2 aromatic carbocycles. The Morgan fingerprint density at radius 2 is 1.66 bits per heavy atom. The molecule has 5 rings (SSSR count). The highest BCUT2D eigenvalue weighted by Crippen LogP contribution is 2.42. The summed E-state index contributed by atoms with van der Waals surface area (Å²) in [6, 6.07) is 16.0. The van der Waals surface area contributed by atoms with Crippen LogP contribution in [0.15, 0.2) is 47.5 Å². The van der Waals surface area contributed by atoms with Crippen LogP contribution in [0.2, 0.25) is 0 Å². The summed E-state index contributed by atoms with van der Waals surface area (Å²) in [6.07, 6.45) is 3.31. The number of nitrogens with zero attached hydrogens (tertiary/aromatic N) is 4. The number of fused-ring (bicyclic) bond motifs is 6. The van der Waals surface area contributed by atoms with Crippen LogP contribution in [0.1, 0.15) is 41.1 Å². The zero-order valence-corrected chi connectivity index (χ0v) is 20.7. The van der Waals surface area contributed by atoms with Crippen molar-refractivity contribution in [2.75, 3.05) is 42.3 Å². The summed E-state index contributed by atoms with van der Waals surface area (Å²) < 4.78 is 4.50. The van der Waals surface area contributed by atoms with Gasteiger partial charge in [0.25, 0.3) is 0 Å². The first-order chi connectivity index (χ1) is 15.1. The van der Waals surface area contributed by atoms with Gasteiger partial charge in [0.15, 0.2) is 0 Å². The summed E-state index contributed by atoms with van der Waals surface area (Å²) >= 11 is 0. The van der Waals surface area contributed by atoms with E-state index in [0.717, 1.165) is 47.9 Å². The van der Waals surface area contributed by atoms with Crippen molar-refractivity contribution < 1.29 is 8.97 Å². The smallest absolute Gasteiger partial charge is 0.106 e. The second kappa shape index (κ2) is 7.57. The van der Waals surface area contributed by atoms with Crippen molar-refractivity contribution in [1.29, 1.82) is 0 Å². The number of aliphatic imine (C=N–C) groups is 1. The summed E-state index contributed by atoms with van der Waals surface area (Å²) in [6.45, 7) is 3.15. The van der Waals surface area contributed by atoms with Gasteiger partial charge in [0.05, 0.1) is 48.0 Å². The summed E-state index contributed by atoms with van der Waals surface area (Å²) in [4.78, 5) is 5.13. The maximum Gasteiger partial charge on any atom is 0.106 e. The quantitative estimate of drug-likeness (QED) is 0.503. The Kier molecular flexibility index (Phi) is 5.06. The Balaban J connectivity index is 1.53. The standard InChI is InChI=1S/C28H38N4/c1-31(2,3)18-20-11-13-25-23(17-20)21-12-14-28-24(19-32(4,5)6)22-9-7-8-10-27(22)30(28)16-15-26(21)29-25/h7-11,13,17,21H,12,14-16,18-19H2,1-6H3/q+2. The third-order valence-corrected chi connectivity index (χ3v) is 6.88. The average molecular weight is 431 g/mol. The van der Waals surface area contributed by atoms with Crippen molar-refractivity contribution >= 4 is 22.3 Å². The van der Waals surface area contributed by atoms with E-state index >= 15 is 0 Å². The van der Waals surface area contributed by atoms with Crippen LogP contribution in [-0.2, 0) is 26.1 Å². The molecular formula is C28H38N4+2. The fraction of sp³-hybridized carbons (Fsp3) is 0.464. The van der Waals surface area contributed by atoms with Crippen LogP contribution in [0.3, 0.4) is 0 Å². The number of aryl methyl sites for hydroxylation is 1. The Bertz CT molecular complexity index is 1200. The largest absolute Gasteiger partial charge is 0.344 e. The highest BCUT2D eigenvalue weighted by Gasteiger charge is 2.31. The van der Waals surface area contributed by atoms with Crippen LogP contribution in [-0.4, -0.2) is 61.5 Å². The molecule has 0 bridgehead atoms. The highest BCUT2D eigenvalue weighted by atomic mass is 15.3. The van der Waals surface area contributed by atoms with Crippen molar-refractivity contribution in [3.8, 4) is 0 Å². The maximum absolute atomic E-state index is 5.13. The van der Waals surface area contributed by atoms with Gasteiger partial charge in [-0.1, -0.05) is 24.3 Å². The molecule has 4 heteroatoms. The molecule has 1 atom stereocenters. The molecule has 3 heterocycles. The molecule has 4 nitrogen and oxygen atoms in total.